The predicted molar refractivity (Wildman–Crippen MR) is 86.1 cm³/mol. The van der Waals surface area contributed by atoms with Gasteiger partial charge in [-0.05, 0) is 30.9 Å². The van der Waals surface area contributed by atoms with E-state index in [0.717, 1.165) is 6.42 Å². The largest absolute Gasteiger partial charge is 0.477 e. The quantitative estimate of drug-likeness (QED) is 0.802. The molecule has 0 saturated carbocycles. The van der Waals surface area contributed by atoms with Crippen LogP contribution >= 0.6 is 0 Å². The highest BCUT2D eigenvalue weighted by Crippen LogP contribution is 2.33. The second-order valence-electron chi connectivity index (χ2n) is 5.90. The fraction of sp³-hybridized carbons (Fsp3) is 0.562. The van der Waals surface area contributed by atoms with Gasteiger partial charge < -0.3 is 15.2 Å². The number of nitrogens with zero attached hydrogens (tertiary/aromatic N) is 2. The fourth-order valence-electron chi connectivity index (χ4n) is 2.21. The van der Waals surface area contributed by atoms with E-state index in [4.69, 9.17) is 15.2 Å². The lowest BCUT2D eigenvalue weighted by atomic mass is 10.1. The summed E-state index contributed by atoms with van der Waals surface area (Å²) in [5.41, 5.74) is 5.68. The van der Waals surface area contributed by atoms with Gasteiger partial charge in [-0.2, -0.15) is 0 Å². The van der Waals surface area contributed by atoms with Crippen LogP contribution in [-0.4, -0.2) is 36.1 Å². The van der Waals surface area contributed by atoms with Gasteiger partial charge in [0.15, 0.2) is 17.7 Å². The van der Waals surface area contributed by atoms with Gasteiger partial charge in [-0.25, -0.2) is 4.98 Å². The van der Waals surface area contributed by atoms with Gasteiger partial charge in [0.25, 0.3) is 5.91 Å². The first-order chi connectivity index (χ1) is 10.9. The van der Waals surface area contributed by atoms with Crippen LogP contribution in [0.3, 0.4) is 0 Å². The minimum atomic E-state index is -0.628. The molecule has 1 unspecified atom stereocenters. The first-order valence-corrected chi connectivity index (χ1v) is 7.82. The van der Waals surface area contributed by atoms with Crippen LogP contribution in [-0.2, 0) is 14.3 Å². The van der Waals surface area contributed by atoms with Crippen LogP contribution in [0.4, 0.5) is 11.6 Å². The van der Waals surface area contributed by atoms with E-state index in [2.05, 4.69) is 4.98 Å². The van der Waals surface area contributed by atoms with Crippen molar-refractivity contribution in [2.45, 2.75) is 39.7 Å². The van der Waals surface area contributed by atoms with Crippen molar-refractivity contribution >= 4 is 23.5 Å². The van der Waals surface area contributed by atoms with Crippen LogP contribution in [0.25, 0.3) is 0 Å². The van der Waals surface area contributed by atoms with Gasteiger partial charge in [-0.15, -0.1) is 0 Å². The van der Waals surface area contributed by atoms with Crippen LogP contribution in [0.5, 0.6) is 5.75 Å². The second-order valence-corrected chi connectivity index (χ2v) is 5.90. The maximum atomic E-state index is 12.5. The summed E-state index contributed by atoms with van der Waals surface area (Å²) in [7, 11) is 0. The lowest BCUT2D eigenvalue weighted by Gasteiger charge is -2.32. The molecule has 1 aromatic rings. The van der Waals surface area contributed by atoms with E-state index >= 15 is 0 Å². The van der Waals surface area contributed by atoms with Crippen molar-refractivity contribution in [1.29, 1.82) is 0 Å². The van der Waals surface area contributed by atoms with Crippen molar-refractivity contribution in [1.82, 2.24) is 4.98 Å². The lowest BCUT2D eigenvalue weighted by molar-refractivity contribution is -0.143. The van der Waals surface area contributed by atoms with Crippen LogP contribution in [0.1, 0.15) is 33.6 Å². The molecule has 7 heteroatoms. The summed E-state index contributed by atoms with van der Waals surface area (Å²) in [6.07, 6.45) is 0.653. The van der Waals surface area contributed by atoms with Gasteiger partial charge in [-0.1, -0.05) is 20.8 Å². The number of hydrogen-bond donors (Lipinski definition) is 1. The molecule has 1 atom stereocenters. The minimum Gasteiger partial charge on any atom is -0.477 e. The number of carbonyl (C=O) groups is 2. The van der Waals surface area contributed by atoms with Crippen LogP contribution in [0.2, 0.25) is 0 Å². The Morgan fingerprint density at radius 2 is 2.22 bits per heavy atom. The number of pyridine rings is 1. The van der Waals surface area contributed by atoms with Crippen molar-refractivity contribution < 1.29 is 19.1 Å². The minimum absolute atomic E-state index is 0.194. The Hall–Kier alpha value is -2.31. The number of carbonyl (C=O) groups excluding carboxylic acids is 2. The molecule has 7 nitrogen and oxygen atoms in total. The van der Waals surface area contributed by atoms with E-state index < -0.39 is 12.1 Å². The molecule has 1 aromatic heterocycles. The fourth-order valence-corrected chi connectivity index (χ4v) is 2.21. The number of nitrogens with two attached hydrogens (primary N) is 1. The molecule has 2 rings (SSSR count). The van der Waals surface area contributed by atoms with Gasteiger partial charge >= 0.3 is 5.97 Å². The summed E-state index contributed by atoms with van der Waals surface area (Å²) in [4.78, 5) is 29.9. The zero-order chi connectivity index (χ0) is 17.0. The summed E-state index contributed by atoms with van der Waals surface area (Å²) in [5.74, 6) is 0.638. The molecule has 0 bridgehead atoms. The Kier molecular flexibility index (Phi) is 5.41. The molecule has 23 heavy (non-hydrogen) atoms. The Balaban J connectivity index is 2.14. The summed E-state index contributed by atoms with van der Waals surface area (Å²) in [5, 5.41) is 0. The van der Waals surface area contributed by atoms with Gasteiger partial charge in [0, 0.05) is 0 Å². The number of fused-ring (bicyclic) bond motifs is 1. The number of ether oxygens (including phenoxy) is 2. The van der Waals surface area contributed by atoms with E-state index in [-0.39, 0.29) is 24.1 Å². The lowest BCUT2D eigenvalue weighted by Crippen LogP contribution is -2.48. The Bertz CT molecular complexity index is 589. The third-order valence-corrected chi connectivity index (χ3v) is 3.54. The number of hydrogen-bond acceptors (Lipinski definition) is 6. The van der Waals surface area contributed by atoms with E-state index in [1.165, 1.54) is 4.90 Å². The SMILES string of the molecule is CCC1Oc2ccc(N)nc2N(CC(=O)OCCC(C)C)C1=O. The first kappa shape index (κ1) is 17.1. The van der Waals surface area contributed by atoms with Crippen molar-refractivity contribution in [2.75, 3.05) is 23.8 Å². The number of rotatable bonds is 6. The highest BCUT2D eigenvalue weighted by molar-refractivity contribution is 6.02. The highest BCUT2D eigenvalue weighted by Gasteiger charge is 2.36. The molecule has 0 spiro atoms. The summed E-state index contributed by atoms with van der Waals surface area (Å²) >= 11 is 0. The Morgan fingerprint density at radius 3 is 2.87 bits per heavy atom. The monoisotopic (exact) mass is 321 g/mol. The van der Waals surface area contributed by atoms with E-state index in [0.29, 0.717) is 24.7 Å². The molecule has 0 aliphatic carbocycles. The average Bonchev–Trinajstić information content (AvgIpc) is 2.49. The van der Waals surface area contributed by atoms with E-state index in [1.54, 1.807) is 12.1 Å². The third kappa shape index (κ3) is 4.12. The number of esters is 1. The molecule has 0 aromatic carbocycles. The molecule has 0 radical (unpaired) electrons. The molecule has 2 heterocycles. The molecule has 126 valence electrons. The molecule has 1 aliphatic heterocycles. The van der Waals surface area contributed by atoms with Gasteiger partial charge in [0.2, 0.25) is 0 Å². The normalized spacial score (nSPS) is 17.0. The van der Waals surface area contributed by atoms with Crippen molar-refractivity contribution in [3.8, 4) is 5.75 Å². The van der Waals surface area contributed by atoms with Crippen molar-refractivity contribution in [3.05, 3.63) is 12.1 Å². The molecular formula is C16H23N3O4. The standard InChI is InChI=1S/C16H23N3O4/c1-4-11-16(21)19(9-14(20)22-8-7-10(2)3)15-12(23-11)5-6-13(17)18-15/h5-6,10-11H,4,7-9H2,1-3H3,(H2,17,18). The van der Waals surface area contributed by atoms with Crippen LogP contribution < -0.4 is 15.4 Å². The zero-order valence-corrected chi connectivity index (χ0v) is 13.7. The molecule has 1 amide bonds. The highest BCUT2D eigenvalue weighted by atomic mass is 16.5. The van der Waals surface area contributed by atoms with E-state index in [1.807, 2.05) is 20.8 Å². The molecule has 0 saturated heterocycles. The van der Waals surface area contributed by atoms with Crippen LogP contribution in [0.15, 0.2) is 12.1 Å². The zero-order valence-electron chi connectivity index (χ0n) is 13.7. The average molecular weight is 321 g/mol. The molecular weight excluding hydrogens is 298 g/mol. The second kappa shape index (κ2) is 7.30. The Labute approximate surface area is 135 Å². The van der Waals surface area contributed by atoms with Crippen molar-refractivity contribution in [3.63, 3.8) is 0 Å². The van der Waals surface area contributed by atoms with Crippen molar-refractivity contribution in [2.24, 2.45) is 5.92 Å². The van der Waals surface area contributed by atoms with Gasteiger partial charge in [0.05, 0.1) is 6.61 Å². The Morgan fingerprint density at radius 1 is 1.48 bits per heavy atom. The van der Waals surface area contributed by atoms with E-state index in [9.17, 15) is 9.59 Å². The summed E-state index contributed by atoms with van der Waals surface area (Å²) in [6.45, 7) is 6.09. The number of amides is 1. The molecule has 1 aliphatic rings. The summed E-state index contributed by atoms with van der Waals surface area (Å²) in [6, 6.07) is 3.25. The number of anilines is 2. The topological polar surface area (TPSA) is 94.8 Å². The third-order valence-electron chi connectivity index (χ3n) is 3.54. The van der Waals surface area contributed by atoms with Gasteiger partial charge in [-0.3, -0.25) is 14.5 Å². The predicted octanol–water partition coefficient (Wildman–Crippen LogP) is 1.76. The number of aromatic nitrogens is 1. The molecule has 0 fully saturated rings. The van der Waals surface area contributed by atoms with Crippen LogP contribution in [0, 0.1) is 5.92 Å². The smallest absolute Gasteiger partial charge is 0.326 e. The summed E-state index contributed by atoms with van der Waals surface area (Å²) < 4.78 is 10.8. The first-order valence-electron chi connectivity index (χ1n) is 7.82. The maximum Gasteiger partial charge on any atom is 0.326 e. The van der Waals surface area contributed by atoms with Gasteiger partial charge in [0.1, 0.15) is 12.4 Å². The molecule has 2 N–H and O–H groups in total. The number of nitrogen functional groups attached to an aromatic ring is 1. The maximum absolute atomic E-state index is 12.5.